The van der Waals surface area contributed by atoms with Crippen LogP contribution in [0.15, 0.2) is 6.20 Å². The molecule has 3 nitrogen and oxygen atoms in total. The summed E-state index contributed by atoms with van der Waals surface area (Å²) in [5.74, 6) is 1.05. The molecule has 0 saturated heterocycles. The Hall–Kier alpha value is -0.670. The molecule has 0 amide bonds. The quantitative estimate of drug-likeness (QED) is 0.595. The maximum absolute atomic E-state index is 5.56. The number of ether oxygens (including phenoxy) is 1. The third-order valence-corrected chi connectivity index (χ3v) is 1.86. The Kier molecular flexibility index (Phi) is 1.75. The molecule has 0 unspecified atom stereocenters. The van der Waals surface area contributed by atoms with Crippen LogP contribution in [-0.4, -0.2) is 9.97 Å². The van der Waals surface area contributed by atoms with Gasteiger partial charge in [-0.25, -0.2) is 9.97 Å². The fourth-order valence-corrected chi connectivity index (χ4v) is 1.18. The van der Waals surface area contributed by atoms with Gasteiger partial charge in [0, 0.05) is 11.8 Å². The molecule has 1 aliphatic heterocycles. The number of aromatic nitrogens is 2. The van der Waals surface area contributed by atoms with Crippen molar-refractivity contribution in [3.8, 4) is 0 Å². The van der Waals surface area contributed by atoms with Gasteiger partial charge in [-0.2, -0.15) is 0 Å². The van der Waals surface area contributed by atoms with E-state index in [4.69, 9.17) is 16.3 Å². The number of fused-ring (bicyclic) bond motifs is 1. The molecular formula is C7H7ClN2O. The molecule has 0 saturated carbocycles. The summed E-state index contributed by atoms with van der Waals surface area (Å²) in [7, 11) is 0. The van der Waals surface area contributed by atoms with Crippen LogP contribution < -0.4 is 0 Å². The third kappa shape index (κ3) is 1.21. The molecule has 0 bridgehead atoms. The van der Waals surface area contributed by atoms with E-state index in [2.05, 4.69) is 9.97 Å². The van der Waals surface area contributed by atoms with Crippen LogP contribution in [-0.2, 0) is 23.8 Å². The van der Waals surface area contributed by atoms with Gasteiger partial charge in [0.1, 0.15) is 5.82 Å². The van der Waals surface area contributed by atoms with Crippen molar-refractivity contribution in [2.75, 3.05) is 0 Å². The number of alkyl halides is 1. The Morgan fingerprint density at radius 1 is 1.55 bits per heavy atom. The molecule has 0 aromatic carbocycles. The Morgan fingerprint density at radius 3 is 3.27 bits per heavy atom. The van der Waals surface area contributed by atoms with Gasteiger partial charge in [0.15, 0.2) is 0 Å². The van der Waals surface area contributed by atoms with Crippen molar-refractivity contribution in [2.45, 2.75) is 19.1 Å². The molecule has 4 heteroatoms. The van der Waals surface area contributed by atoms with Crippen LogP contribution in [0.3, 0.4) is 0 Å². The summed E-state index contributed by atoms with van der Waals surface area (Å²) in [6.45, 7) is 1.24. The lowest BCUT2D eigenvalue weighted by molar-refractivity contribution is 0.133. The number of hydrogen-bond donors (Lipinski definition) is 0. The molecular weight excluding hydrogens is 164 g/mol. The van der Waals surface area contributed by atoms with Crippen LogP contribution in [0.2, 0.25) is 0 Å². The summed E-state index contributed by atoms with van der Waals surface area (Å²) >= 11 is 5.56. The van der Waals surface area contributed by atoms with Gasteiger partial charge in [-0.3, -0.25) is 0 Å². The first kappa shape index (κ1) is 7.00. The number of hydrogen-bond acceptors (Lipinski definition) is 3. The van der Waals surface area contributed by atoms with Crippen molar-refractivity contribution < 1.29 is 4.74 Å². The van der Waals surface area contributed by atoms with Gasteiger partial charge in [0.25, 0.3) is 0 Å². The second kappa shape index (κ2) is 2.75. The van der Waals surface area contributed by atoms with E-state index >= 15 is 0 Å². The van der Waals surface area contributed by atoms with Crippen molar-refractivity contribution >= 4 is 11.6 Å². The molecule has 0 fully saturated rings. The number of rotatable bonds is 1. The molecule has 2 rings (SSSR count). The lowest BCUT2D eigenvalue weighted by Gasteiger charge is -1.96. The number of halogens is 1. The van der Waals surface area contributed by atoms with Gasteiger partial charge in [0.05, 0.1) is 24.8 Å². The average Bonchev–Trinajstić information content (AvgIpc) is 2.50. The summed E-state index contributed by atoms with van der Waals surface area (Å²) in [5, 5.41) is 0. The SMILES string of the molecule is ClCc1ncc2c(n1)COC2. The first-order valence-corrected chi connectivity index (χ1v) is 3.91. The lowest BCUT2D eigenvalue weighted by atomic mass is 10.3. The molecule has 1 aliphatic rings. The molecule has 0 radical (unpaired) electrons. The normalized spacial score (nSPS) is 15.0. The van der Waals surface area contributed by atoms with E-state index in [9.17, 15) is 0 Å². The van der Waals surface area contributed by atoms with Crippen molar-refractivity contribution in [2.24, 2.45) is 0 Å². The third-order valence-electron chi connectivity index (χ3n) is 1.62. The summed E-state index contributed by atoms with van der Waals surface area (Å²) in [6, 6.07) is 0. The Balaban J connectivity index is 2.41. The van der Waals surface area contributed by atoms with E-state index in [0.29, 0.717) is 24.9 Å². The van der Waals surface area contributed by atoms with Gasteiger partial charge < -0.3 is 4.74 Å². The van der Waals surface area contributed by atoms with Crippen LogP contribution in [0.5, 0.6) is 0 Å². The zero-order chi connectivity index (χ0) is 7.68. The summed E-state index contributed by atoms with van der Waals surface area (Å²) in [6.07, 6.45) is 1.78. The maximum Gasteiger partial charge on any atom is 0.143 e. The van der Waals surface area contributed by atoms with Gasteiger partial charge in [0.2, 0.25) is 0 Å². The minimum absolute atomic E-state index is 0.368. The van der Waals surface area contributed by atoms with E-state index in [0.717, 1.165) is 11.3 Å². The fourth-order valence-electron chi connectivity index (χ4n) is 1.05. The first-order chi connectivity index (χ1) is 5.40. The monoisotopic (exact) mass is 170 g/mol. The highest BCUT2D eigenvalue weighted by Crippen LogP contribution is 2.16. The van der Waals surface area contributed by atoms with Crippen LogP contribution in [0.1, 0.15) is 17.1 Å². The Labute approximate surface area is 69.4 Å². The van der Waals surface area contributed by atoms with Crippen molar-refractivity contribution in [3.05, 3.63) is 23.3 Å². The first-order valence-electron chi connectivity index (χ1n) is 3.37. The zero-order valence-corrected chi connectivity index (χ0v) is 6.64. The van der Waals surface area contributed by atoms with Crippen molar-refractivity contribution in [1.29, 1.82) is 0 Å². The molecule has 0 atom stereocenters. The van der Waals surface area contributed by atoms with Crippen LogP contribution in [0.25, 0.3) is 0 Å². The topological polar surface area (TPSA) is 35.0 Å². The molecule has 11 heavy (non-hydrogen) atoms. The molecule has 58 valence electrons. The molecule has 0 N–H and O–H groups in total. The van der Waals surface area contributed by atoms with E-state index in [1.165, 1.54) is 0 Å². The summed E-state index contributed by atoms with van der Waals surface area (Å²) < 4.78 is 5.17. The van der Waals surface area contributed by atoms with Crippen molar-refractivity contribution in [3.63, 3.8) is 0 Å². The standard InChI is InChI=1S/C7H7ClN2O/c8-1-7-9-2-5-3-11-4-6(5)10-7/h2H,1,3-4H2. The van der Waals surface area contributed by atoms with Crippen LogP contribution in [0, 0.1) is 0 Å². The number of nitrogens with zero attached hydrogens (tertiary/aromatic N) is 2. The Bertz CT molecular complexity index is 277. The highest BCUT2D eigenvalue weighted by molar-refractivity contribution is 6.16. The van der Waals surface area contributed by atoms with Gasteiger partial charge in [-0.1, -0.05) is 0 Å². The predicted octanol–water partition coefficient (Wildman–Crippen LogP) is 1.25. The molecule has 0 spiro atoms. The highest BCUT2D eigenvalue weighted by Gasteiger charge is 2.12. The van der Waals surface area contributed by atoms with E-state index in [-0.39, 0.29) is 0 Å². The highest BCUT2D eigenvalue weighted by atomic mass is 35.5. The molecule has 1 aromatic rings. The van der Waals surface area contributed by atoms with Gasteiger partial charge in [-0.15, -0.1) is 11.6 Å². The minimum atomic E-state index is 0.368. The maximum atomic E-state index is 5.56. The van der Waals surface area contributed by atoms with Crippen LogP contribution in [0.4, 0.5) is 0 Å². The van der Waals surface area contributed by atoms with Crippen molar-refractivity contribution in [1.82, 2.24) is 9.97 Å². The smallest absolute Gasteiger partial charge is 0.143 e. The minimum Gasteiger partial charge on any atom is -0.370 e. The molecule has 1 aromatic heterocycles. The van der Waals surface area contributed by atoms with Gasteiger partial charge >= 0.3 is 0 Å². The summed E-state index contributed by atoms with van der Waals surface area (Å²) in [4.78, 5) is 8.25. The second-order valence-corrected chi connectivity index (χ2v) is 2.65. The molecule has 2 heterocycles. The zero-order valence-electron chi connectivity index (χ0n) is 5.88. The Morgan fingerprint density at radius 2 is 2.45 bits per heavy atom. The molecule has 0 aliphatic carbocycles. The summed E-state index contributed by atoms with van der Waals surface area (Å²) in [5.41, 5.74) is 2.06. The lowest BCUT2D eigenvalue weighted by Crippen LogP contribution is -1.96. The second-order valence-electron chi connectivity index (χ2n) is 2.38. The predicted molar refractivity (Wildman–Crippen MR) is 40.1 cm³/mol. The van der Waals surface area contributed by atoms with E-state index in [1.54, 1.807) is 6.20 Å². The van der Waals surface area contributed by atoms with Gasteiger partial charge in [-0.05, 0) is 0 Å². The fraction of sp³-hybridized carbons (Fsp3) is 0.429. The van der Waals surface area contributed by atoms with Crippen LogP contribution >= 0.6 is 11.6 Å². The largest absolute Gasteiger partial charge is 0.370 e. The average molecular weight is 171 g/mol. The van der Waals surface area contributed by atoms with E-state index < -0.39 is 0 Å². The van der Waals surface area contributed by atoms with E-state index in [1.807, 2.05) is 0 Å².